The summed E-state index contributed by atoms with van der Waals surface area (Å²) in [5.41, 5.74) is 0. The molecule has 0 aromatic carbocycles. The lowest BCUT2D eigenvalue weighted by molar-refractivity contribution is -0.0447. The van der Waals surface area contributed by atoms with Crippen LogP contribution in [-0.2, 0) is 0 Å². The van der Waals surface area contributed by atoms with Crippen LogP contribution in [0.25, 0.3) is 0 Å². The Morgan fingerprint density at radius 3 is 1.64 bits per heavy atom. The predicted molar refractivity (Wildman–Crippen MR) is 63.7 cm³/mol. The quantitative estimate of drug-likeness (QED) is 0.578. The SMILES string of the molecule is CCSC(SCC)[C@@H](O)[C@H](O)[C@@H](C)O. The third-order valence-corrected chi connectivity index (χ3v) is 4.48. The van der Waals surface area contributed by atoms with Crippen molar-refractivity contribution in [1.29, 1.82) is 0 Å². The minimum atomic E-state index is -1.06. The van der Waals surface area contributed by atoms with E-state index in [9.17, 15) is 10.2 Å². The van der Waals surface area contributed by atoms with E-state index in [-0.39, 0.29) is 4.58 Å². The summed E-state index contributed by atoms with van der Waals surface area (Å²) < 4.78 is -0.0606. The average Bonchev–Trinajstić information content (AvgIpc) is 2.15. The van der Waals surface area contributed by atoms with Crippen LogP contribution < -0.4 is 0 Å². The normalized spacial score (nSPS) is 18.2. The maximum atomic E-state index is 9.76. The number of thioether (sulfide) groups is 2. The number of hydrogen-bond acceptors (Lipinski definition) is 5. The van der Waals surface area contributed by atoms with Gasteiger partial charge in [-0.25, -0.2) is 0 Å². The molecule has 0 rings (SSSR count). The molecule has 3 atom stereocenters. The lowest BCUT2D eigenvalue weighted by atomic mass is 10.1. The van der Waals surface area contributed by atoms with Gasteiger partial charge >= 0.3 is 0 Å². The van der Waals surface area contributed by atoms with Crippen LogP contribution in [0, 0.1) is 0 Å². The Morgan fingerprint density at radius 2 is 1.36 bits per heavy atom. The van der Waals surface area contributed by atoms with Gasteiger partial charge in [0.2, 0.25) is 0 Å². The molecule has 0 spiro atoms. The maximum Gasteiger partial charge on any atom is 0.107 e. The van der Waals surface area contributed by atoms with Gasteiger partial charge in [0.1, 0.15) is 12.2 Å². The van der Waals surface area contributed by atoms with Gasteiger partial charge < -0.3 is 15.3 Å². The highest BCUT2D eigenvalue weighted by atomic mass is 32.2. The second kappa shape index (κ2) is 7.82. The Hall–Kier alpha value is 0.580. The van der Waals surface area contributed by atoms with Crippen LogP contribution in [0.1, 0.15) is 20.8 Å². The molecular weight excluding hydrogens is 220 g/mol. The number of aliphatic hydroxyl groups excluding tert-OH is 3. The highest BCUT2D eigenvalue weighted by Crippen LogP contribution is 2.28. The molecule has 0 amide bonds. The molecule has 3 N–H and O–H groups in total. The molecule has 14 heavy (non-hydrogen) atoms. The molecule has 0 saturated carbocycles. The third kappa shape index (κ3) is 4.89. The van der Waals surface area contributed by atoms with Crippen molar-refractivity contribution in [3.63, 3.8) is 0 Å². The first kappa shape index (κ1) is 14.6. The Bertz CT molecular complexity index is 138. The van der Waals surface area contributed by atoms with E-state index in [0.717, 1.165) is 11.5 Å². The van der Waals surface area contributed by atoms with E-state index < -0.39 is 18.3 Å². The van der Waals surface area contributed by atoms with E-state index in [4.69, 9.17) is 5.11 Å². The van der Waals surface area contributed by atoms with Gasteiger partial charge in [0, 0.05) is 0 Å². The van der Waals surface area contributed by atoms with Crippen molar-refractivity contribution in [3.05, 3.63) is 0 Å². The van der Waals surface area contributed by atoms with Gasteiger partial charge in [-0.05, 0) is 18.4 Å². The van der Waals surface area contributed by atoms with Crippen LogP contribution >= 0.6 is 23.5 Å². The van der Waals surface area contributed by atoms with Crippen molar-refractivity contribution in [2.75, 3.05) is 11.5 Å². The minimum Gasteiger partial charge on any atom is -0.391 e. The van der Waals surface area contributed by atoms with Crippen LogP contribution in [0.5, 0.6) is 0 Å². The molecule has 0 fully saturated rings. The summed E-state index contributed by atoms with van der Waals surface area (Å²) >= 11 is 3.19. The average molecular weight is 240 g/mol. The Labute approximate surface area is 94.3 Å². The zero-order valence-electron chi connectivity index (χ0n) is 8.88. The van der Waals surface area contributed by atoms with Gasteiger partial charge in [-0.2, -0.15) is 0 Å². The molecule has 3 nitrogen and oxygen atoms in total. The Balaban J connectivity index is 4.18. The van der Waals surface area contributed by atoms with Crippen molar-refractivity contribution >= 4 is 23.5 Å². The van der Waals surface area contributed by atoms with E-state index in [1.165, 1.54) is 6.92 Å². The fourth-order valence-electron chi connectivity index (χ4n) is 1.02. The molecule has 86 valence electrons. The second-order valence-electron chi connectivity index (χ2n) is 3.00. The first-order valence-corrected chi connectivity index (χ1v) is 6.91. The summed E-state index contributed by atoms with van der Waals surface area (Å²) in [6.45, 7) is 5.50. The van der Waals surface area contributed by atoms with E-state index >= 15 is 0 Å². The van der Waals surface area contributed by atoms with Gasteiger partial charge in [-0.3, -0.25) is 0 Å². The highest BCUT2D eigenvalue weighted by molar-refractivity contribution is 8.17. The van der Waals surface area contributed by atoms with Crippen LogP contribution in [0.15, 0.2) is 0 Å². The molecule has 0 aromatic rings. The van der Waals surface area contributed by atoms with Crippen LogP contribution in [0.2, 0.25) is 0 Å². The number of hydrogen-bond donors (Lipinski definition) is 3. The van der Waals surface area contributed by atoms with E-state index in [1.807, 2.05) is 13.8 Å². The lowest BCUT2D eigenvalue weighted by Crippen LogP contribution is -2.41. The molecule has 0 heterocycles. The summed E-state index contributed by atoms with van der Waals surface area (Å²) in [7, 11) is 0. The van der Waals surface area contributed by atoms with Gasteiger partial charge in [-0.1, -0.05) is 13.8 Å². The highest BCUT2D eigenvalue weighted by Gasteiger charge is 2.29. The molecule has 0 bridgehead atoms. The zero-order valence-corrected chi connectivity index (χ0v) is 10.5. The van der Waals surface area contributed by atoms with Crippen LogP contribution in [0.4, 0.5) is 0 Å². The first-order chi connectivity index (χ1) is 6.54. The standard InChI is InChI=1S/C9H20O3S2/c1-4-13-9(14-5-2)8(12)7(11)6(3)10/h6-12H,4-5H2,1-3H3/t6-,7-,8+/m1/s1. The van der Waals surface area contributed by atoms with Crippen molar-refractivity contribution in [2.45, 2.75) is 43.7 Å². The van der Waals surface area contributed by atoms with Crippen molar-refractivity contribution < 1.29 is 15.3 Å². The Kier molecular flexibility index (Phi) is 8.14. The smallest absolute Gasteiger partial charge is 0.107 e. The summed E-state index contributed by atoms with van der Waals surface area (Å²) in [4.78, 5) is 0. The first-order valence-electron chi connectivity index (χ1n) is 4.81. The zero-order chi connectivity index (χ0) is 11.1. The third-order valence-electron chi connectivity index (χ3n) is 1.78. The summed E-state index contributed by atoms with van der Waals surface area (Å²) in [5.74, 6) is 1.78. The minimum absolute atomic E-state index is 0.0606. The van der Waals surface area contributed by atoms with Gasteiger partial charge in [0.05, 0.1) is 10.7 Å². The van der Waals surface area contributed by atoms with Crippen molar-refractivity contribution in [3.8, 4) is 0 Å². The molecular formula is C9H20O3S2. The fourth-order valence-corrected chi connectivity index (χ4v) is 3.59. The molecule has 0 radical (unpaired) electrons. The monoisotopic (exact) mass is 240 g/mol. The van der Waals surface area contributed by atoms with Gasteiger partial charge in [0.15, 0.2) is 0 Å². The summed E-state index contributed by atoms with van der Waals surface area (Å²) in [5, 5.41) is 28.4. The number of aliphatic hydroxyl groups is 3. The van der Waals surface area contributed by atoms with E-state index in [2.05, 4.69) is 0 Å². The predicted octanol–water partition coefficient (Wildman–Crippen LogP) is 0.921. The van der Waals surface area contributed by atoms with Crippen molar-refractivity contribution in [1.82, 2.24) is 0 Å². The molecule has 0 aliphatic heterocycles. The molecule has 0 aliphatic rings. The van der Waals surface area contributed by atoms with E-state index in [1.54, 1.807) is 23.5 Å². The maximum absolute atomic E-state index is 9.76. The lowest BCUT2D eigenvalue weighted by Gasteiger charge is -2.27. The van der Waals surface area contributed by atoms with Gasteiger partial charge in [-0.15, -0.1) is 23.5 Å². The largest absolute Gasteiger partial charge is 0.391 e. The second-order valence-corrected chi connectivity index (χ2v) is 6.14. The molecule has 0 aromatic heterocycles. The topological polar surface area (TPSA) is 60.7 Å². The summed E-state index contributed by atoms with van der Waals surface area (Å²) in [6, 6.07) is 0. The fraction of sp³-hybridized carbons (Fsp3) is 1.00. The van der Waals surface area contributed by atoms with E-state index in [0.29, 0.717) is 0 Å². The molecule has 0 unspecified atom stereocenters. The van der Waals surface area contributed by atoms with Crippen LogP contribution in [-0.4, -0.2) is 49.7 Å². The van der Waals surface area contributed by atoms with Crippen LogP contribution in [0.3, 0.4) is 0 Å². The molecule has 5 heteroatoms. The molecule has 0 saturated heterocycles. The summed E-state index contributed by atoms with van der Waals surface area (Å²) in [6.07, 6.45) is -2.81. The van der Waals surface area contributed by atoms with Crippen molar-refractivity contribution in [2.24, 2.45) is 0 Å². The number of rotatable bonds is 7. The molecule has 0 aliphatic carbocycles. The Morgan fingerprint density at radius 1 is 0.929 bits per heavy atom. The van der Waals surface area contributed by atoms with Gasteiger partial charge in [0.25, 0.3) is 0 Å².